The van der Waals surface area contributed by atoms with Crippen LogP contribution in [0.1, 0.15) is 56.1 Å². The molecule has 2 aromatic carbocycles. The topological polar surface area (TPSA) is 67.4 Å². The smallest absolute Gasteiger partial charge is 0.251 e. The fourth-order valence-corrected chi connectivity index (χ4v) is 2.64. The van der Waals surface area contributed by atoms with Gasteiger partial charge in [0.15, 0.2) is 0 Å². The molecule has 5 heteroatoms. The van der Waals surface area contributed by atoms with Crippen LogP contribution in [0.2, 0.25) is 0 Å². The molecule has 0 bridgehead atoms. The van der Waals surface area contributed by atoms with E-state index < -0.39 is 0 Å². The summed E-state index contributed by atoms with van der Waals surface area (Å²) in [6, 6.07) is 15.5. The van der Waals surface area contributed by atoms with E-state index in [1.54, 1.807) is 12.1 Å². The van der Waals surface area contributed by atoms with Gasteiger partial charge in [0.1, 0.15) is 12.4 Å². The molecule has 0 saturated carbocycles. The summed E-state index contributed by atoms with van der Waals surface area (Å²) in [6.07, 6.45) is 0. The summed E-state index contributed by atoms with van der Waals surface area (Å²) >= 11 is 0. The van der Waals surface area contributed by atoms with Crippen molar-refractivity contribution in [1.82, 2.24) is 10.6 Å². The van der Waals surface area contributed by atoms with E-state index in [4.69, 9.17) is 4.74 Å². The van der Waals surface area contributed by atoms with E-state index in [0.29, 0.717) is 25.3 Å². The Morgan fingerprint density at radius 2 is 1.48 bits per heavy atom. The monoisotopic (exact) mass is 396 g/mol. The molecule has 5 nitrogen and oxygen atoms in total. The molecule has 0 fully saturated rings. The van der Waals surface area contributed by atoms with E-state index in [9.17, 15) is 9.59 Å². The maximum atomic E-state index is 12.2. The fraction of sp³-hybridized carbons (Fsp3) is 0.417. The van der Waals surface area contributed by atoms with Crippen molar-refractivity contribution in [2.75, 3.05) is 13.1 Å². The molecule has 0 aliphatic rings. The predicted octanol–water partition coefficient (Wildman–Crippen LogP) is 4.07. The lowest BCUT2D eigenvalue weighted by atomic mass is 9.87. The van der Waals surface area contributed by atoms with Gasteiger partial charge in [0, 0.05) is 24.6 Å². The highest BCUT2D eigenvalue weighted by atomic mass is 16.5. The summed E-state index contributed by atoms with van der Waals surface area (Å²) in [7, 11) is 0. The van der Waals surface area contributed by atoms with Crippen LogP contribution >= 0.6 is 0 Å². The van der Waals surface area contributed by atoms with E-state index in [0.717, 1.165) is 11.3 Å². The van der Waals surface area contributed by atoms with Gasteiger partial charge < -0.3 is 15.4 Å². The molecule has 2 rings (SSSR count). The number of ether oxygens (including phenoxy) is 1. The Bertz CT molecular complexity index is 804. The largest absolute Gasteiger partial charge is 0.489 e. The van der Waals surface area contributed by atoms with Crippen molar-refractivity contribution in [2.24, 2.45) is 5.92 Å². The van der Waals surface area contributed by atoms with Crippen molar-refractivity contribution in [1.29, 1.82) is 0 Å². The highest BCUT2D eigenvalue weighted by Crippen LogP contribution is 2.24. The number of benzene rings is 2. The lowest BCUT2D eigenvalue weighted by Crippen LogP contribution is -2.36. The molecular formula is C24H32N2O3. The number of carbonyl (C=O) groups excluding carboxylic acids is 2. The normalized spacial score (nSPS) is 11.2. The highest BCUT2D eigenvalue weighted by molar-refractivity contribution is 5.94. The molecular weight excluding hydrogens is 364 g/mol. The molecule has 0 unspecified atom stereocenters. The third-order valence-electron chi connectivity index (χ3n) is 4.58. The van der Waals surface area contributed by atoms with Crippen LogP contribution in [0, 0.1) is 5.92 Å². The second kappa shape index (κ2) is 10.1. The third kappa shape index (κ3) is 7.26. The lowest BCUT2D eigenvalue weighted by molar-refractivity contribution is -0.123. The van der Waals surface area contributed by atoms with Gasteiger partial charge >= 0.3 is 0 Å². The van der Waals surface area contributed by atoms with E-state index in [-0.39, 0.29) is 23.1 Å². The van der Waals surface area contributed by atoms with Gasteiger partial charge in [-0.15, -0.1) is 0 Å². The van der Waals surface area contributed by atoms with Crippen LogP contribution in [0.25, 0.3) is 0 Å². The summed E-state index contributed by atoms with van der Waals surface area (Å²) in [5, 5.41) is 5.57. The zero-order valence-corrected chi connectivity index (χ0v) is 18.0. The van der Waals surface area contributed by atoms with Crippen molar-refractivity contribution >= 4 is 11.8 Å². The number of rotatable bonds is 8. The summed E-state index contributed by atoms with van der Waals surface area (Å²) < 4.78 is 5.84. The Hall–Kier alpha value is -2.82. The molecule has 0 saturated heterocycles. The Morgan fingerprint density at radius 1 is 0.897 bits per heavy atom. The van der Waals surface area contributed by atoms with Crippen LogP contribution in [0.3, 0.4) is 0 Å². The van der Waals surface area contributed by atoms with Gasteiger partial charge in [-0.2, -0.15) is 0 Å². The average Bonchev–Trinajstić information content (AvgIpc) is 2.69. The Kier molecular flexibility index (Phi) is 7.82. The zero-order valence-electron chi connectivity index (χ0n) is 18.0. The SMILES string of the molecule is CC(C)C(=O)NCCNC(=O)c1ccc(COc2ccc(C(C)(C)C)cc2)cc1. The van der Waals surface area contributed by atoms with Crippen LogP contribution in [0.15, 0.2) is 48.5 Å². The van der Waals surface area contributed by atoms with Crippen LogP contribution in [0.4, 0.5) is 0 Å². The first-order chi connectivity index (χ1) is 13.7. The predicted molar refractivity (Wildman–Crippen MR) is 116 cm³/mol. The van der Waals surface area contributed by atoms with E-state index in [2.05, 4.69) is 43.5 Å². The first-order valence-corrected chi connectivity index (χ1v) is 10.0. The highest BCUT2D eigenvalue weighted by Gasteiger charge is 2.13. The molecule has 29 heavy (non-hydrogen) atoms. The van der Waals surface area contributed by atoms with Crippen molar-refractivity contribution in [3.05, 3.63) is 65.2 Å². The van der Waals surface area contributed by atoms with Crippen molar-refractivity contribution in [3.63, 3.8) is 0 Å². The Labute approximate surface area is 173 Å². The van der Waals surface area contributed by atoms with Crippen molar-refractivity contribution in [3.8, 4) is 5.75 Å². The number of hydrogen-bond donors (Lipinski definition) is 2. The molecule has 2 aromatic rings. The number of hydrogen-bond acceptors (Lipinski definition) is 3. The summed E-state index contributed by atoms with van der Waals surface area (Å²) in [4.78, 5) is 23.7. The fourth-order valence-electron chi connectivity index (χ4n) is 2.64. The zero-order chi connectivity index (χ0) is 21.4. The minimum Gasteiger partial charge on any atom is -0.489 e. The van der Waals surface area contributed by atoms with Gasteiger partial charge in [-0.05, 0) is 40.8 Å². The van der Waals surface area contributed by atoms with E-state index >= 15 is 0 Å². The Balaban J connectivity index is 1.79. The van der Waals surface area contributed by atoms with Gasteiger partial charge in [-0.25, -0.2) is 0 Å². The number of amides is 2. The Morgan fingerprint density at radius 3 is 2.03 bits per heavy atom. The van der Waals surface area contributed by atoms with Crippen LogP contribution in [-0.2, 0) is 16.8 Å². The standard InChI is InChI=1S/C24H32N2O3/c1-17(2)22(27)25-14-15-26-23(28)19-8-6-18(7-9-19)16-29-21-12-10-20(11-13-21)24(3,4)5/h6-13,17H,14-16H2,1-5H3,(H,25,27)(H,26,28). The number of nitrogens with one attached hydrogen (secondary N) is 2. The molecule has 156 valence electrons. The molecule has 2 N–H and O–H groups in total. The minimum atomic E-state index is -0.158. The van der Waals surface area contributed by atoms with Crippen LogP contribution < -0.4 is 15.4 Å². The van der Waals surface area contributed by atoms with Gasteiger partial charge in [-0.1, -0.05) is 58.9 Å². The first-order valence-electron chi connectivity index (χ1n) is 10.0. The van der Waals surface area contributed by atoms with Gasteiger partial charge in [0.05, 0.1) is 0 Å². The lowest BCUT2D eigenvalue weighted by Gasteiger charge is -2.19. The molecule has 0 aliphatic carbocycles. The summed E-state index contributed by atoms with van der Waals surface area (Å²) in [6.45, 7) is 11.5. The quantitative estimate of drug-likeness (QED) is 0.661. The second-order valence-electron chi connectivity index (χ2n) is 8.46. The average molecular weight is 397 g/mol. The van der Waals surface area contributed by atoms with Crippen LogP contribution in [-0.4, -0.2) is 24.9 Å². The number of carbonyl (C=O) groups is 2. The molecule has 0 atom stereocenters. The van der Waals surface area contributed by atoms with Crippen molar-refractivity contribution < 1.29 is 14.3 Å². The van der Waals surface area contributed by atoms with Crippen molar-refractivity contribution in [2.45, 2.75) is 46.6 Å². The maximum absolute atomic E-state index is 12.2. The summed E-state index contributed by atoms with van der Waals surface area (Å²) in [5.74, 6) is 0.589. The molecule has 0 radical (unpaired) electrons. The van der Waals surface area contributed by atoms with E-state index in [1.807, 2.05) is 38.1 Å². The molecule has 0 aliphatic heterocycles. The summed E-state index contributed by atoms with van der Waals surface area (Å²) in [5.41, 5.74) is 2.96. The first kappa shape index (κ1) is 22.5. The molecule has 0 aromatic heterocycles. The van der Waals surface area contributed by atoms with Gasteiger partial charge in [0.2, 0.25) is 5.91 Å². The van der Waals surface area contributed by atoms with Gasteiger partial charge in [-0.3, -0.25) is 9.59 Å². The van der Waals surface area contributed by atoms with Gasteiger partial charge in [0.25, 0.3) is 5.91 Å². The maximum Gasteiger partial charge on any atom is 0.251 e. The molecule has 2 amide bonds. The third-order valence-corrected chi connectivity index (χ3v) is 4.58. The molecule has 0 spiro atoms. The minimum absolute atomic E-state index is 0.0170. The second-order valence-corrected chi connectivity index (χ2v) is 8.46. The van der Waals surface area contributed by atoms with Crippen LogP contribution in [0.5, 0.6) is 5.75 Å². The van der Waals surface area contributed by atoms with E-state index in [1.165, 1.54) is 5.56 Å². The molecule has 0 heterocycles.